The second kappa shape index (κ2) is 11.1. The molecule has 3 aromatic heterocycles. The van der Waals surface area contributed by atoms with Crippen LogP contribution in [0.5, 0.6) is 0 Å². The Bertz CT molecular complexity index is 1510. The van der Waals surface area contributed by atoms with Crippen LogP contribution in [0, 0.1) is 18.6 Å². The lowest BCUT2D eigenvalue weighted by molar-refractivity contribution is 0.0740. The van der Waals surface area contributed by atoms with Gasteiger partial charge in [0, 0.05) is 62.8 Å². The highest BCUT2D eigenvalue weighted by Gasteiger charge is 2.31. The molecule has 6 rings (SSSR count). The van der Waals surface area contributed by atoms with E-state index in [-0.39, 0.29) is 23.0 Å². The van der Waals surface area contributed by atoms with Gasteiger partial charge in [-0.05, 0) is 25.1 Å². The van der Waals surface area contributed by atoms with Crippen molar-refractivity contribution in [3.05, 3.63) is 78.1 Å². The van der Waals surface area contributed by atoms with E-state index in [0.717, 1.165) is 17.3 Å². The number of carbonyl (C=O) groups excluding carboxylic acids is 1. The number of nitrogens with zero attached hydrogens (tertiary/aromatic N) is 7. The quantitative estimate of drug-likeness (QED) is 0.405. The number of hydrogen-bond acceptors (Lipinski definition) is 9. The van der Waals surface area contributed by atoms with Crippen LogP contribution in [0.3, 0.4) is 0 Å². The third-order valence-corrected chi connectivity index (χ3v) is 7.23. The number of morpholine rings is 1. The Hall–Kier alpha value is -4.29. The second-order valence-electron chi connectivity index (χ2n) is 9.69. The normalized spacial score (nSPS) is 17.7. The van der Waals surface area contributed by atoms with E-state index in [9.17, 15) is 9.18 Å². The molecule has 2 aliphatic rings. The van der Waals surface area contributed by atoms with Crippen molar-refractivity contribution in [3.63, 3.8) is 0 Å². The molecule has 1 atom stereocenters. The summed E-state index contributed by atoms with van der Waals surface area (Å²) in [6, 6.07) is 7.45. The van der Waals surface area contributed by atoms with E-state index in [0.29, 0.717) is 63.1 Å². The molecule has 0 spiro atoms. The van der Waals surface area contributed by atoms with Gasteiger partial charge in [0.15, 0.2) is 0 Å². The average Bonchev–Trinajstić information content (AvgIpc) is 2.99. The van der Waals surface area contributed by atoms with Gasteiger partial charge in [-0.3, -0.25) is 15.1 Å². The van der Waals surface area contributed by atoms with E-state index in [2.05, 4.69) is 25.2 Å². The first kappa shape index (κ1) is 26.0. The summed E-state index contributed by atoms with van der Waals surface area (Å²) < 4.78 is 35.8. The first-order valence-electron chi connectivity index (χ1n) is 13.1. The van der Waals surface area contributed by atoms with Crippen LogP contribution in [0.1, 0.15) is 16.1 Å². The summed E-state index contributed by atoms with van der Waals surface area (Å²) in [7, 11) is 0. The molecular formula is C28H28F2N8O2. The number of nitrogens with one attached hydrogen (secondary N) is 1. The van der Waals surface area contributed by atoms with Gasteiger partial charge in [-0.25, -0.2) is 23.7 Å². The molecule has 1 amide bonds. The van der Waals surface area contributed by atoms with Crippen molar-refractivity contribution >= 4 is 34.0 Å². The van der Waals surface area contributed by atoms with Gasteiger partial charge in [0.25, 0.3) is 5.91 Å². The average molecular weight is 547 g/mol. The van der Waals surface area contributed by atoms with Crippen LogP contribution in [-0.2, 0) is 4.74 Å². The standard InChI is InChI=1S/C28H28F2N8O2/c1-18-26(38(20-3-2-5-31-15-20)24-16-40-12-7-33-24)25-21(30)13-19(29)14-23(25)35-27(18)36-8-10-37(11-9-36)28(39)22-4-6-32-17-34-22/h2-6,13-15,17,24,33H,7-12,16H2,1H3. The second-order valence-corrected chi connectivity index (χ2v) is 9.69. The third kappa shape index (κ3) is 4.91. The van der Waals surface area contributed by atoms with Crippen molar-refractivity contribution in [1.29, 1.82) is 0 Å². The number of halogens is 2. The Balaban J connectivity index is 1.42. The molecule has 1 unspecified atom stereocenters. The maximum absolute atomic E-state index is 15.6. The predicted molar refractivity (Wildman–Crippen MR) is 146 cm³/mol. The summed E-state index contributed by atoms with van der Waals surface area (Å²) in [6.45, 7) is 5.31. The zero-order valence-electron chi connectivity index (χ0n) is 21.9. The van der Waals surface area contributed by atoms with Gasteiger partial charge >= 0.3 is 0 Å². The van der Waals surface area contributed by atoms with Crippen LogP contribution >= 0.6 is 0 Å². The third-order valence-electron chi connectivity index (χ3n) is 7.23. The van der Waals surface area contributed by atoms with Crippen LogP contribution in [0.4, 0.5) is 26.0 Å². The topological polar surface area (TPSA) is 99.6 Å². The molecule has 1 N–H and O–H groups in total. The smallest absolute Gasteiger partial charge is 0.272 e. The van der Waals surface area contributed by atoms with Crippen LogP contribution in [0.2, 0.25) is 0 Å². The van der Waals surface area contributed by atoms with Gasteiger partial charge in [-0.1, -0.05) is 0 Å². The number of benzene rings is 1. The molecule has 1 aromatic carbocycles. The van der Waals surface area contributed by atoms with Crippen LogP contribution < -0.4 is 15.1 Å². The van der Waals surface area contributed by atoms with Gasteiger partial charge in [0.2, 0.25) is 0 Å². The molecule has 2 aliphatic heterocycles. The number of aromatic nitrogens is 4. The van der Waals surface area contributed by atoms with E-state index in [1.54, 1.807) is 29.6 Å². The zero-order chi connectivity index (χ0) is 27.6. The molecule has 206 valence electrons. The highest BCUT2D eigenvalue weighted by atomic mass is 19.1. The highest BCUT2D eigenvalue weighted by Crippen LogP contribution is 2.41. The minimum Gasteiger partial charge on any atom is -0.377 e. The van der Waals surface area contributed by atoms with E-state index in [1.165, 1.54) is 12.4 Å². The Labute approximate surface area is 229 Å². The van der Waals surface area contributed by atoms with Crippen molar-refractivity contribution < 1.29 is 18.3 Å². The number of carbonyl (C=O) groups is 1. The summed E-state index contributed by atoms with van der Waals surface area (Å²) in [6.07, 6.45) is 5.96. The van der Waals surface area contributed by atoms with Crippen molar-refractivity contribution in [2.24, 2.45) is 0 Å². The molecule has 0 saturated carbocycles. The lowest BCUT2D eigenvalue weighted by Gasteiger charge is -2.40. The van der Waals surface area contributed by atoms with Gasteiger partial charge in [-0.15, -0.1) is 0 Å². The summed E-state index contributed by atoms with van der Waals surface area (Å²) >= 11 is 0. The van der Waals surface area contributed by atoms with Crippen molar-refractivity contribution in [1.82, 2.24) is 30.2 Å². The largest absolute Gasteiger partial charge is 0.377 e. The Kier molecular flexibility index (Phi) is 7.18. The molecule has 5 heterocycles. The van der Waals surface area contributed by atoms with E-state index < -0.39 is 11.6 Å². The summed E-state index contributed by atoms with van der Waals surface area (Å²) in [5.74, 6) is -0.961. The summed E-state index contributed by atoms with van der Waals surface area (Å²) in [5, 5.41) is 3.68. The predicted octanol–water partition coefficient (Wildman–Crippen LogP) is 3.05. The number of fused-ring (bicyclic) bond motifs is 1. The van der Waals surface area contributed by atoms with E-state index in [4.69, 9.17) is 9.72 Å². The lowest BCUT2D eigenvalue weighted by atomic mass is 10.0. The number of anilines is 3. The molecule has 40 heavy (non-hydrogen) atoms. The molecule has 2 fully saturated rings. The van der Waals surface area contributed by atoms with Gasteiger partial charge in [0.1, 0.15) is 35.6 Å². The molecule has 2 saturated heterocycles. The minimum absolute atomic E-state index is 0.166. The van der Waals surface area contributed by atoms with Crippen LogP contribution in [0.25, 0.3) is 10.9 Å². The van der Waals surface area contributed by atoms with Crippen LogP contribution in [0.15, 0.2) is 55.2 Å². The zero-order valence-corrected chi connectivity index (χ0v) is 21.9. The number of amides is 1. The van der Waals surface area contributed by atoms with Crippen molar-refractivity contribution in [2.75, 3.05) is 55.7 Å². The number of pyridine rings is 2. The summed E-state index contributed by atoms with van der Waals surface area (Å²) in [5.41, 5.74) is 2.57. The van der Waals surface area contributed by atoms with Gasteiger partial charge in [-0.2, -0.15) is 0 Å². The lowest BCUT2D eigenvalue weighted by Crippen LogP contribution is -2.52. The first-order valence-corrected chi connectivity index (χ1v) is 13.1. The molecule has 12 heteroatoms. The van der Waals surface area contributed by atoms with Gasteiger partial charge in [0.05, 0.1) is 41.7 Å². The Morgan fingerprint density at radius 1 is 1.12 bits per heavy atom. The van der Waals surface area contributed by atoms with Crippen molar-refractivity contribution in [3.8, 4) is 0 Å². The number of ether oxygens (including phenoxy) is 1. The molecule has 0 bridgehead atoms. The molecule has 0 radical (unpaired) electrons. The Morgan fingerprint density at radius 3 is 2.67 bits per heavy atom. The molecule has 4 aromatic rings. The molecule has 10 nitrogen and oxygen atoms in total. The van der Waals surface area contributed by atoms with Crippen molar-refractivity contribution in [2.45, 2.75) is 13.1 Å². The van der Waals surface area contributed by atoms with Crippen LogP contribution in [-0.4, -0.2) is 82.8 Å². The fraction of sp³-hybridized carbons (Fsp3) is 0.321. The maximum Gasteiger partial charge on any atom is 0.272 e. The van der Waals surface area contributed by atoms with Gasteiger partial charge < -0.3 is 19.4 Å². The fourth-order valence-corrected chi connectivity index (χ4v) is 5.36. The summed E-state index contributed by atoms with van der Waals surface area (Å²) in [4.78, 5) is 35.7. The minimum atomic E-state index is -0.703. The fourth-order valence-electron chi connectivity index (χ4n) is 5.36. The number of hydrogen-bond donors (Lipinski definition) is 1. The van der Waals surface area contributed by atoms with E-state index in [1.807, 2.05) is 24.0 Å². The van der Waals surface area contributed by atoms with E-state index >= 15 is 4.39 Å². The number of piperazine rings is 1. The molecule has 0 aliphatic carbocycles. The SMILES string of the molecule is Cc1c(N2CCN(C(=O)c3ccncn3)CC2)nc2cc(F)cc(F)c2c1N(c1cccnc1)C1COCCN1. The highest BCUT2D eigenvalue weighted by molar-refractivity contribution is 5.99. The maximum atomic E-state index is 15.6. The first-order chi connectivity index (χ1) is 19.5. The monoisotopic (exact) mass is 546 g/mol. The molecular weight excluding hydrogens is 518 g/mol. The number of rotatable bonds is 5. The Morgan fingerprint density at radius 2 is 1.98 bits per heavy atom.